The minimum absolute atomic E-state index is 0.0753. The summed E-state index contributed by atoms with van der Waals surface area (Å²) in [6, 6.07) is 7.16. The first-order chi connectivity index (χ1) is 14.3. The van der Waals surface area contributed by atoms with E-state index in [1.54, 1.807) is 37.4 Å². The molecule has 0 bridgehead atoms. The number of rotatable bonds is 7. The lowest BCUT2D eigenvalue weighted by atomic mass is 10.0. The largest absolute Gasteiger partial charge is 0.497 e. The highest BCUT2D eigenvalue weighted by Crippen LogP contribution is 2.24. The number of methoxy groups -OCH3 is 1. The normalized spacial score (nSPS) is 10.8. The van der Waals surface area contributed by atoms with Gasteiger partial charge in [-0.15, -0.1) is 0 Å². The molecule has 0 N–H and O–H groups in total. The molecule has 0 unspecified atom stereocenters. The van der Waals surface area contributed by atoms with Crippen molar-refractivity contribution in [1.29, 1.82) is 0 Å². The summed E-state index contributed by atoms with van der Waals surface area (Å²) in [4.78, 5) is 37.1. The maximum atomic E-state index is 12.6. The van der Waals surface area contributed by atoms with Gasteiger partial charge in [-0.2, -0.15) is 0 Å². The van der Waals surface area contributed by atoms with Gasteiger partial charge in [-0.05, 0) is 37.1 Å². The molecule has 1 amide bonds. The van der Waals surface area contributed by atoms with Crippen LogP contribution < -0.4 is 15.3 Å². The van der Waals surface area contributed by atoms with Gasteiger partial charge in [-0.1, -0.05) is 0 Å². The maximum absolute atomic E-state index is 12.6. The van der Waals surface area contributed by atoms with E-state index in [1.165, 1.54) is 0 Å². The van der Waals surface area contributed by atoms with Crippen LogP contribution in [0.3, 0.4) is 0 Å². The lowest BCUT2D eigenvalue weighted by molar-refractivity contribution is -0.130. The zero-order chi connectivity index (χ0) is 21.8. The van der Waals surface area contributed by atoms with Crippen LogP contribution in [0.25, 0.3) is 11.0 Å². The summed E-state index contributed by atoms with van der Waals surface area (Å²) < 4.78 is 10.6. The molecule has 0 spiro atoms. The number of aryl methyl sites for hydroxylation is 1. The van der Waals surface area contributed by atoms with Gasteiger partial charge in [0.2, 0.25) is 11.9 Å². The highest BCUT2D eigenvalue weighted by atomic mass is 16.5. The number of anilines is 1. The van der Waals surface area contributed by atoms with Crippen molar-refractivity contribution in [3.05, 3.63) is 57.7 Å². The molecule has 158 valence electrons. The van der Waals surface area contributed by atoms with Crippen LogP contribution in [0, 0.1) is 6.92 Å². The Kier molecular flexibility index (Phi) is 6.34. The first kappa shape index (κ1) is 21.3. The molecule has 0 radical (unpaired) electrons. The Morgan fingerprint density at radius 3 is 2.67 bits per heavy atom. The second-order valence-electron chi connectivity index (χ2n) is 7.35. The van der Waals surface area contributed by atoms with Crippen LogP contribution in [-0.4, -0.2) is 49.0 Å². The maximum Gasteiger partial charge on any atom is 0.339 e. The number of benzene rings is 1. The van der Waals surface area contributed by atoms with Gasteiger partial charge < -0.3 is 19.0 Å². The molecule has 0 aliphatic carbocycles. The Hall–Kier alpha value is -3.42. The standard InChI is InChI=1S/C22H26N4O4/c1-14-17-7-6-16(29-5)12-19(17)30-21(28)18(14)8-9-20(27)26(4)13-15-10-11-23-22(24-15)25(2)3/h6-7,10-12H,8-9,13H2,1-5H3. The van der Waals surface area contributed by atoms with Crippen LogP contribution in [-0.2, 0) is 17.8 Å². The molecule has 2 aromatic heterocycles. The summed E-state index contributed by atoms with van der Waals surface area (Å²) in [5, 5.41) is 0.836. The van der Waals surface area contributed by atoms with Crippen molar-refractivity contribution in [2.45, 2.75) is 26.3 Å². The summed E-state index contributed by atoms with van der Waals surface area (Å²) in [6.45, 7) is 2.24. The highest BCUT2D eigenvalue weighted by molar-refractivity contribution is 5.82. The van der Waals surface area contributed by atoms with E-state index in [1.807, 2.05) is 38.1 Å². The Balaban J connectivity index is 1.71. The Morgan fingerprint density at radius 1 is 1.20 bits per heavy atom. The fraction of sp³-hybridized carbons (Fsp3) is 0.364. The van der Waals surface area contributed by atoms with Crippen molar-refractivity contribution < 1.29 is 13.9 Å². The van der Waals surface area contributed by atoms with Crippen molar-refractivity contribution in [1.82, 2.24) is 14.9 Å². The number of amides is 1. The SMILES string of the molecule is COc1ccc2c(C)c(CCC(=O)N(C)Cc3ccnc(N(C)C)n3)c(=O)oc2c1. The van der Waals surface area contributed by atoms with Crippen molar-refractivity contribution in [2.75, 3.05) is 33.2 Å². The minimum Gasteiger partial charge on any atom is -0.497 e. The van der Waals surface area contributed by atoms with Crippen LogP contribution in [0.15, 0.2) is 39.7 Å². The van der Waals surface area contributed by atoms with Crippen LogP contribution in [0.4, 0.5) is 5.95 Å². The van der Waals surface area contributed by atoms with Gasteiger partial charge in [-0.3, -0.25) is 4.79 Å². The average Bonchev–Trinajstić information content (AvgIpc) is 2.73. The third-order valence-corrected chi connectivity index (χ3v) is 5.01. The Bertz CT molecular complexity index is 1120. The van der Waals surface area contributed by atoms with Gasteiger partial charge in [0, 0.05) is 50.8 Å². The van der Waals surface area contributed by atoms with Crippen LogP contribution in [0.1, 0.15) is 23.2 Å². The molecule has 0 saturated heterocycles. The van der Waals surface area contributed by atoms with Gasteiger partial charge >= 0.3 is 5.63 Å². The summed E-state index contributed by atoms with van der Waals surface area (Å²) in [5.74, 6) is 1.14. The van der Waals surface area contributed by atoms with Crippen molar-refractivity contribution in [3.8, 4) is 5.75 Å². The molecule has 3 aromatic rings. The summed E-state index contributed by atoms with van der Waals surface area (Å²) in [6.07, 6.45) is 2.19. The summed E-state index contributed by atoms with van der Waals surface area (Å²) >= 11 is 0. The Labute approximate surface area is 175 Å². The molecule has 2 heterocycles. The third-order valence-electron chi connectivity index (χ3n) is 5.01. The lowest BCUT2D eigenvalue weighted by Crippen LogP contribution is -2.28. The van der Waals surface area contributed by atoms with Gasteiger partial charge in [-0.25, -0.2) is 14.8 Å². The molecule has 1 aromatic carbocycles. The third kappa shape index (κ3) is 4.59. The predicted molar refractivity (Wildman–Crippen MR) is 115 cm³/mol. The number of carbonyl (C=O) groups excluding carboxylic acids is 1. The van der Waals surface area contributed by atoms with E-state index in [-0.39, 0.29) is 12.3 Å². The second kappa shape index (κ2) is 8.94. The van der Waals surface area contributed by atoms with E-state index in [0.717, 1.165) is 16.6 Å². The fourth-order valence-corrected chi connectivity index (χ4v) is 3.23. The summed E-state index contributed by atoms with van der Waals surface area (Å²) in [5.41, 5.74) is 2.15. The van der Waals surface area contributed by atoms with Crippen molar-refractivity contribution in [3.63, 3.8) is 0 Å². The summed E-state index contributed by atoms with van der Waals surface area (Å²) in [7, 11) is 7.01. The van der Waals surface area contributed by atoms with E-state index in [9.17, 15) is 9.59 Å². The number of nitrogens with zero attached hydrogens (tertiary/aromatic N) is 4. The first-order valence-corrected chi connectivity index (χ1v) is 9.63. The number of hydrogen-bond donors (Lipinski definition) is 0. The highest BCUT2D eigenvalue weighted by Gasteiger charge is 2.16. The van der Waals surface area contributed by atoms with Crippen LogP contribution in [0.5, 0.6) is 5.75 Å². The minimum atomic E-state index is -0.421. The predicted octanol–water partition coefficient (Wildman–Crippen LogP) is 2.56. The topological polar surface area (TPSA) is 88.8 Å². The van der Waals surface area contributed by atoms with Crippen LogP contribution >= 0.6 is 0 Å². The Morgan fingerprint density at radius 2 is 1.97 bits per heavy atom. The number of fused-ring (bicyclic) bond motifs is 1. The van der Waals surface area contributed by atoms with E-state index in [2.05, 4.69) is 9.97 Å². The fourth-order valence-electron chi connectivity index (χ4n) is 3.23. The molecule has 0 atom stereocenters. The number of carbonyl (C=O) groups is 1. The quantitative estimate of drug-likeness (QED) is 0.553. The van der Waals surface area contributed by atoms with E-state index in [4.69, 9.17) is 9.15 Å². The average molecular weight is 410 g/mol. The molecular formula is C22H26N4O4. The number of aromatic nitrogens is 2. The van der Waals surface area contributed by atoms with Crippen LogP contribution in [0.2, 0.25) is 0 Å². The second-order valence-corrected chi connectivity index (χ2v) is 7.35. The zero-order valence-corrected chi connectivity index (χ0v) is 17.9. The van der Waals surface area contributed by atoms with Gasteiger partial charge in [0.25, 0.3) is 0 Å². The molecule has 0 saturated carbocycles. The molecule has 8 nitrogen and oxygen atoms in total. The first-order valence-electron chi connectivity index (χ1n) is 9.63. The molecule has 0 aliphatic heterocycles. The molecule has 0 aliphatic rings. The van der Waals surface area contributed by atoms with Gasteiger partial charge in [0.05, 0.1) is 19.3 Å². The van der Waals surface area contributed by atoms with Gasteiger partial charge in [0.15, 0.2) is 0 Å². The molecule has 8 heteroatoms. The van der Waals surface area contributed by atoms with E-state index < -0.39 is 5.63 Å². The molecular weight excluding hydrogens is 384 g/mol. The molecule has 0 fully saturated rings. The van der Waals surface area contributed by atoms with E-state index >= 15 is 0 Å². The number of hydrogen-bond acceptors (Lipinski definition) is 7. The molecule has 3 rings (SSSR count). The van der Waals surface area contributed by atoms with Crippen molar-refractivity contribution in [2.24, 2.45) is 0 Å². The van der Waals surface area contributed by atoms with Gasteiger partial charge in [0.1, 0.15) is 11.3 Å². The monoisotopic (exact) mass is 410 g/mol. The zero-order valence-electron chi connectivity index (χ0n) is 17.9. The van der Waals surface area contributed by atoms with E-state index in [0.29, 0.717) is 35.8 Å². The smallest absolute Gasteiger partial charge is 0.339 e. The molecule has 30 heavy (non-hydrogen) atoms. The lowest BCUT2D eigenvalue weighted by Gasteiger charge is -2.18. The van der Waals surface area contributed by atoms with Crippen molar-refractivity contribution >= 4 is 22.8 Å². The number of ether oxygens (including phenoxy) is 1.